The first kappa shape index (κ1) is 14.5. The monoisotopic (exact) mass is 275 g/mol. The van der Waals surface area contributed by atoms with Gasteiger partial charge in [0, 0.05) is 13.3 Å². The number of rotatable bonds is 4. The minimum absolute atomic E-state index is 0.131. The lowest BCUT2D eigenvalue weighted by Gasteiger charge is -2.06. The van der Waals surface area contributed by atoms with E-state index in [1.165, 1.54) is 49.4 Å². The van der Waals surface area contributed by atoms with Crippen molar-refractivity contribution in [3.63, 3.8) is 0 Å². The molecule has 2 rings (SSSR count). The van der Waals surface area contributed by atoms with Gasteiger partial charge < -0.3 is 5.11 Å². The molecule has 1 aliphatic carbocycles. The Bertz CT molecular complexity index is 509. The van der Waals surface area contributed by atoms with Gasteiger partial charge in [-0.3, -0.25) is 4.68 Å². The average molecular weight is 275 g/mol. The summed E-state index contributed by atoms with van der Waals surface area (Å²) in [6.45, 7) is 0. The minimum atomic E-state index is -1.00. The molecular formula is C15H21N3O2. The van der Waals surface area contributed by atoms with Crippen molar-refractivity contribution in [2.75, 3.05) is 0 Å². The number of aryl methyl sites for hydroxylation is 1. The van der Waals surface area contributed by atoms with Gasteiger partial charge in [-0.25, -0.2) is 9.79 Å². The van der Waals surface area contributed by atoms with E-state index in [-0.39, 0.29) is 5.56 Å². The van der Waals surface area contributed by atoms with E-state index in [1.807, 2.05) is 6.08 Å². The second-order valence-corrected chi connectivity index (χ2v) is 5.23. The molecule has 1 fully saturated rings. The number of aliphatic imine (C=N–C) groups is 1. The number of hydrogen-bond acceptors (Lipinski definition) is 3. The second-order valence-electron chi connectivity index (χ2n) is 5.23. The Morgan fingerprint density at radius 1 is 1.40 bits per heavy atom. The summed E-state index contributed by atoms with van der Waals surface area (Å²) in [5, 5.41) is 12.9. The van der Waals surface area contributed by atoms with E-state index in [0.717, 1.165) is 0 Å². The second kappa shape index (κ2) is 7.03. The van der Waals surface area contributed by atoms with Gasteiger partial charge in [-0.05, 0) is 24.8 Å². The Labute approximate surface area is 119 Å². The first-order valence-corrected chi connectivity index (χ1v) is 7.14. The van der Waals surface area contributed by atoms with Gasteiger partial charge in [-0.1, -0.05) is 31.8 Å². The summed E-state index contributed by atoms with van der Waals surface area (Å²) in [4.78, 5) is 15.2. The third kappa shape index (κ3) is 3.79. The van der Waals surface area contributed by atoms with E-state index in [1.54, 1.807) is 13.3 Å². The van der Waals surface area contributed by atoms with Crippen LogP contribution in [0.5, 0.6) is 0 Å². The topological polar surface area (TPSA) is 67.5 Å². The molecule has 20 heavy (non-hydrogen) atoms. The molecule has 0 atom stereocenters. The maximum absolute atomic E-state index is 11.0. The van der Waals surface area contributed by atoms with E-state index in [4.69, 9.17) is 5.11 Å². The highest BCUT2D eigenvalue weighted by molar-refractivity contribution is 5.93. The Morgan fingerprint density at radius 2 is 2.10 bits per heavy atom. The highest BCUT2D eigenvalue weighted by Crippen LogP contribution is 2.23. The third-order valence-corrected chi connectivity index (χ3v) is 3.70. The summed E-state index contributed by atoms with van der Waals surface area (Å²) >= 11 is 0. The summed E-state index contributed by atoms with van der Waals surface area (Å²) in [5.74, 6) is 0.00967. The molecule has 1 aromatic rings. The van der Waals surface area contributed by atoms with Crippen molar-refractivity contribution in [1.29, 1.82) is 0 Å². The van der Waals surface area contributed by atoms with E-state index < -0.39 is 5.97 Å². The van der Waals surface area contributed by atoms with E-state index in [2.05, 4.69) is 16.2 Å². The molecule has 1 heterocycles. The lowest BCUT2D eigenvalue weighted by Crippen LogP contribution is -1.96. The highest BCUT2D eigenvalue weighted by Gasteiger charge is 2.13. The van der Waals surface area contributed by atoms with Crippen molar-refractivity contribution < 1.29 is 9.90 Å². The first-order chi connectivity index (χ1) is 9.68. The number of nitrogens with zero attached hydrogens (tertiary/aromatic N) is 3. The Balaban J connectivity index is 1.99. The van der Waals surface area contributed by atoms with Crippen LogP contribution < -0.4 is 0 Å². The number of carbonyl (C=O) groups is 1. The van der Waals surface area contributed by atoms with Crippen LogP contribution in [0.3, 0.4) is 0 Å². The maximum atomic E-state index is 11.0. The Kier molecular flexibility index (Phi) is 5.09. The van der Waals surface area contributed by atoms with Gasteiger partial charge in [0.15, 0.2) is 5.82 Å². The summed E-state index contributed by atoms with van der Waals surface area (Å²) < 4.78 is 1.47. The summed E-state index contributed by atoms with van der Waals surface area (Å²) in [7, 11) is 1.69. The number of carboxylic acids is 1. The Hall–Kier alpha value is -1.91. The molecule has 0 amide bonds. The SMILES string of the molecule is Cn1ncc(C(=O)O)c1/N=C\C=C\C1CCCCCC1. The lowest BCUT2D eigenvalue weighted by atomic mass is 10.0. The molecule has 0 bridgehead atoms. The zero-order chi connectivity index (χ0) is 14.4. The number of aromatic carboxylic acids is 1. The smallest absolute Gasteiger partial charge is 0.341 e. The van der Waals surface area contributed by atoms with Gasteiger partial charge in [-0.15, -0.1) is 0 Å². The minimum Gasteiger partial charge on any atom is -0.477 e. The molecule has 0 aromatic carbocycles. The number of aromatic nitrogens is 2. The van der Waals surface area contributed by atoms with Crippen LogP contribution in [0.2, 0.25) is 0 Å². The summed E-state index contributed by atoms with van der Waals surface area (Å²) in [6, 6.07) is 0. The van der Waals surface area contributed by atoms with E-state index in [9.17, 15) is 4.79 Å². The van der Waals surface area contributed by atoms with Crippen LogP contribution in [0.1, 0.15) is 48.9 Å². The molecule has 0 aliphatic heterocycles. The molecule has 0 unspecified atom stereocenters. The molecule has 0 saturated heterocycles. The van der Waals surface area contributed by atoms with E-state index in [0.29, 0.717) is 11.7 Å². The molecule has 108 valence electrons. The molecule has 0 radical (unpaired) electrons. The number of hydrogen-bond donors (Lipinski definition) is 1. The van der Waals surface area contributed by atoms with Crippen molar-refractivity contribution in [2.45, 2.75) is 38.5 Å². The highest BCUT2D eigenvalue weighted by atomic mass is 16.4. The number of carboxylic acid groups (broad SMARTS) is 1. The standard InChI is InChI=1S/C15H21N3O2/c1-18-14(13(11-17-18)15(19)20)16-10-6-9-12-7-4-2-3-5-8-12/h6,9-12H,2-5,7-8H2,1H3,(H,19,20)/b9-6+,16-10-. The molecule has 5 heteroatoms. The van der Waals surface area contributed by atoms with Gasteiger partial charge in [0.05, 0.1) is 6.20 Å². The van der Waals surface area contributed by atoms with Crippen LogP contribution in [0.4, 0.5) is 5.82 Å². The van der Waals surface area contributed by atoms with Crippen molar-refractivity contribution in [1.82, 2.24) is 9.78 Å². The predicted octanol–water partition coefficient (Wildman–Crippen LogP) is 3.35. The van der Waals surface area contributed by atoms with Crippen LogP contribution >= 0.6 is 0 Å². The maximum Gasteiger partial charge on any atom is 0.341 e. The van der Waals surface area contributed by atoms with Crippen LogP contribution in [0, 0.1) is 5.92 Å². The van der Waals surface area contributed by atoms with Gasteiger partial charge >= 0.3 is 5.97 Å². The van der Waals surface area contributed by atoms with Crippen molar-refractivity contribution >= 4 is 18.0 Å². The molecule has 5 nitrogen and oxygen atoms in total. The fourth-order valence-electron chi connectivity index (χ4n) is 2.56. The zero-order valence-electron chi connectivity index (χ0n) is 11.8. The fourth-order valence-corrected chi connectivity index (χ4v) is 2.56. The van der Waals surface area contributed by atoms with Crippen LogP contribution in [-0.2, 0) is 7.05 Å². The van der Waals surface area contributed by atoms with Gasteiger partial charge in [-0.2, -0.15) is 5.10 Å². The summed E-state index contributed by atoms with van der Waals surface area (Å²) in [5.41, 5.74) is 0.131. The first-order valence-electron chi connectivity index (χ1n) is 7.14. The van der Waals surface area contributed by atoms with E-state index >= 15 is 0 Å². The fraction of sp³-hybridized carbons (Fsp3) is 0.533. The van der Waals surface area contributed by atoms with Crippen molar-refractivity contribution in [2.24, 2.45) is 18.0 Å². The largest absolute Gasteiger partial charge is 0.477 e. The van der Waals surface area contributed by atoms with Gasteiger partial charge in [0.2, 0.25) is 0 Å². The third-order valence-electron chi connectivity index (χ3n) is 3.70. The van der Waals surface area contributed by atoms with Crippen molar-refractivity contribution in [3.8, 4) is 0 Å². The van der Waals surface area contributed by atoms with Gasteiger partial charge in [0.1, 0.15) is 5.56 Å². The summed E-state index contributed by atoms with van der Waals surface area (Å²) in [6.07, 6.45) is 14.9. The van der Waals surface area contributed by atoms with Crippen LogP contribution in [0.15, 0.2) is 23.3 Å². The molecule has 1 saturated carbocycles. The van der Waals surface area contributed by atoms with Gasteiger partial charge in [0.25, 0.3) is 0 Å². The molecule has 1 N–H and O–H groups in total. The molecular weight excluding hydrogens is 254 g/mol. The molecule has 1 aromatic heterocycles. The molecule has 0 spiro atoms. The van der Waals surface area contributed by atoms with Crippen LogP contribution in [0.25, 0.3) is 0 Å². The average Bonchev–Trinajstić information content (AvgIpc) is 2.64. The molecule has 1 aliphatic rings. The Morgan fingerprint density at radius 3 is 2.75 bits per heavy atom. The van der Waals surface area contributed by atoms with Crippen LogP contribution in [-0.4, -0.2) is 27.1 Å². The lowest BCUT2D eigenvalue weighted by molar-refractivity contribution is 0.0698. The normalized spacial score (nSPS) is 17.9. The number of allylic oxidation sites excluding steroid dienone is 2. The van der Waals surface area contributed by atoms with Crippen molar-refractivity contribution in [3.05, 3.63) is 23.9 Å². The predicted molar refractivity (Wildman–Crippen MR) is 78.7 cm³/mol. The quantitative estimate of drug-likeness (QED) is 0.677. The zero-order valence-corrected chi connectivity index (χ0v) is 11.8.